The predicted octanol–water partition coefficient (Wildman–Crippen LogP) is 7.95. The minimum absolute atomic E-state index is 0.0211. The van der Waals surface area contributed by atoms with E-state index >= 15 is 0 Å². The average Bonchev–Trinajstić information content (AvgIpc) is 3.39. The van der Waals surface area contributed by atoms with Crippen LogP contribution in [0.5, 0.6) is 5.75 Å². The zero-order valence-corrected chi connectivity index (χ0v) is 22.0. The quantitative estimate of drug-likeness (QED) is 0.140. The van der Waals surface area contributed by atoms with Crippen LogP contribution >= 0.6 is 70.2 Å². The molecule has 1 saturated heterocycles. The molecule has 0 spiro atoms. The van der Waals surface area contributed by atoms with Gasteiger partial charge in [0.25, 0.3) is 5.91 Å². The summed E-state index contributed by atoms with van der Waals surface area (Å²) < 4.78 is 11.4. The van der Waals surface area contributed by atoms with Gasteiger partial charge in [0.05, 0.1) is 20.8 Å². The van der Waals surface area contributed by atoms with Crippen LogP contribution in [0, 0.1) is 0 Å². The van der Waals surface area contributed by atoms with Crippen molar-refractivity contribution in [1.29, 1.82) is 0 Å². The first-order valence-corrected chi connectivity index (χ1v) is 12.2. The van der Waals surface area contributed by atoms with Crippen LogP contribution in [0.15, 0.2) is 46.5 Å². The average molecular weight is 577 g/mol. The van der Waals surface area contributed by atoms with Crippen molar-refractivity contribution in [2.45, 2.75) is 20.0 Å². The third-order valence-electron chi connectivity index (χ3n) is 4.99. The van der Waals surface area contributed by atoms with Crippen molar-refractivity contribution in [3.63, 3.8) is 0 Å². The molecular weight excluding hydrogens is 562 g/mol. The molecule has 34 heavy (non-hydrogen) atoms. The summed E-state index contributed by atoms with van der Waals surface area (Å²) in [6, 6.07) is 11.0. The Balaban J connectivity index is 1.52. The molecule has 0 atom stereocenters. The number of carbonyl (C=O) groups is 1. The lowest BCUT2D eigenvalue weighted by molar-refractivity contribution is -0.113. The van der Waals surface area contributed by atoms with Gasteiger partial charge >= 0.3 is 0 Å². The second kappa shape index (κ2) is 10.4. The number of carbonyl (C=O) groups excluding carboxylic acids is 1. The van der Waals surface area contributed by atoms with Crippen molar-refractivity contribution in [2.75, 3.05) is 4.90 Å². The third-order valence-corrected chi connectivity index (χ3v) is 7.52. The summed E-state index contributed by atoms with van der Waals surface area (Å²) in [7, 11) is 0. The number of rotatable bonds is 6. The molecular formula is C23H15Cl5N2O3S. The van der Waals surface area contributed by atoms with Gasteiger partial charge in [-0.15, -0.1) is 0 Å². The number of nitrogens with one attached hydrogen (secondary N) is 1. The van der Waals surface area contributed by atoms with E-state index in [1.807, 2.05) is 31.2 Å². The maximum atomic E-state index is 13.0. The standard InChI is InChI=1S/C23H15Cl5N2O3S/c1-2-11-5-3-4-6-15(11)30-22(31)14(29-23(30)34)9-12-7-8-13(33-12)10-32-21-19(27)17(25)16(24)18(26)20(21)28/h3-9H,2,10H2,1H3,(H,29,34)/b14-9+. The zero-order valence-electron chi connectivity index (χ0n) is 17.4. The first-order valence-electron chi connectivity index (χ1n) is 9.90. The van der Waals surface area contributed by atoms with Crippen LogP contribution in [-0.2, 0) is 17.8 Å². The Morgan fingerprint density at radius 1 is 1.00 bits per heavy atom. The number of hydrogen-bond donors (Lipinski definition) is 1. The Bertz CT molecular complexity index is 1310. The Kier molecular flexibility index (Phi) is 7.67. The summed E-state index contributed by atoms with van der Waals surface area (Å²) in [6.45, 7) is 2.00. The van der Waals surface area contributed by atoms with Crippen molar-refractivity contribution in [1.82, 2.24) is 5.32 Å². The number of ether oxygens (including phenoxy) is 1. The summed E-state index contributed by atoms with van der Waals surface area (Å²) in [4.78, 5) is 14.5. The van der Waals surface area contributed by atoms with Gasteiger partial charge in [0, 0.05) is 6.08 Å². The van der Waals surface area contributed by atoms with Gasteiger partial charge < -0.3 is 14.5 Å². The van der Waals surface area contributed by atoms with E-state index in [1.165, 1.54) is 4.90 Å². The van der Waals surface area contributed by atoms with E-state index < -0.39 is 0 Å². The highest BCUT2D eigenvalue weighted by Crippen LogP contribution is 2.48. The monoisotopic (exact) mass is 574 g/mol. The smallest absolute Gasteiger partial charge is 0.281 e. The fourth-order valence-corrected chi connectivity index (χ4v) is 4.85. The number of benzene rings is 2. The molecule has 2 heterocycles. The van der Waals surface area contributed by atoms with Crippen molar-refractivity contribution in [3.05, 3.63) is 84.3 Å². The fourth-order valence-electron chi connectivity index (χ4n) is 3.33. The third kappa shape index (κ3) is 4.76. The number of furan rings is 1. The molecule has 0 aliphatic carbocycles. The topological polar surface area (TPSA) is 54.7 Å². The Morgan fingerprint density at radius 2 is 1.65 bits per heavy atom. The molecule has 176 valence electrons. The van der Waals surface area contributed by atoms with Gasteiger partial charge in [-0.25, -0.2) is 0 Å². The molecule has 1 N–H and O–H groups in total. The molecule has 2 aromatic carbocycles. The van der Waals surface area contributed by atoms with Crippen LogP contribution in [-0.4, -0.2) is 11.0 Å². The van der Waals surface area contributed by atoms with Crippen molar-refractivity contribution in [3.8, 4) is 5.75 Å². The predicted molar refractivity (Wildman–Crippen MR) is 142 cm³/mol. The molecule has 1 amide bonds. The molecule has 1 aliphatic rings. The normalized spacial score (nSPS) is 14.8. The van der Waals surface area contributed by atoms with E-state index in [0.29, 0.717) is 22.3 Å². The van der Waals surface area contributed by atoms with Crippen LogP contribution in [0.4, 0.5) is 5.69 Å². The van der Waals surface area contributed by atoms with Gasteiger partial charge in [0.1, 0.15) is 33.9 Å². The van der Waals surface area contributed by atoms with E-state index in [1.54, 1.807) is 18.2 Å². The number of hydrogen-bond acceptors (Lipinski definition) is 4. The van der Waals surface area contributed by atoms with Gasteiger partial charge in [-0.05, 0) is 42.4 Å². The first-order chi connectivity index (χ1) is 16.2. The molecule has 0 bridgehead atoms. The minimum atomic E-state index is -0.274. The summed E-state index contributed by atoms with van der Waals surface area (Å²) in [5, 5.41) is 3.44. The molecule has 1 aromatic heterocycles. The highest BCUT2D eigenvalue weighted by atomic mass is 35.5. The second-order valence-corrected chi connectivity index (χ2v) is 9.38. The molecule has 5 nitrogen and oxygen atoms in total. The number of nitrogens with zero attached hydrogens (tertiary/aromatic N) is 1. The maximum Gasteiger partial charge on any atom is 0.281 e. The lowest BCUT2D eigenvalue weighted by Gasteiger charge is -2.17. The van der Waals surface area contributed by atoms with Crippen LogP contribution in [0.1, 0.15) is 24.0 Å². The molecule has 1 fully saturated rings. The molecule has 3 aromatic rings. The number of aryl methyl sites for hydroxylation is 1. The largest absolute Gasteiger partial charge is 0.482 e. The highest BCUT2D eigenvalue weighted by molar-refractivity contribution is 7.80. The molecule has 1 aliphatic heterocycles. The highest BCUT2D eigenvalue weighted by Gasteiger charge is 2.33. The summed E-state index contributed by atoms with van der Waals surface area (Å²) in [5.41, 5.74) is 2.05. The van der Waals surface area contributed by atoms with E-state index in [0.717, 1.165) is 17.7 Å². The fraction of sp³-hybridized carbons (Fsp3) is 0.130. The van der Waals surface area contributed by atoms with E-state index in [9.17, 15) is 4.79 Å². The summed E-state index contributed by atoms with van der Waals surface area (Å²) >= 11 is 35.9. The van der Waals surface area contributed by atoms with Gasteiger partial charge in [0.15, 0.2) is 10.9 Å². The van der Waals surface area contributed by atoms with Gasteiger partial charge in [-0.3, -0.25) is 9.69 Å². The summed E-state index contributed by atoms with van der Waals surface area (Å²) in [6.07, 6.45) is 2.34. The van der Waals surface area contributed by atoms with Crippen LogP contribution in [0.25, 0.3) is 6.08 Å². The minimum Gasteiger partial charge on any atom is -0.482 e. The van der Waals surface area contributed by atoms with E-state index in [-0.39, 0.29) is 43.4 Å². The van der Waals surface area contributed by atoms with Crippen molar-refractivity contribution in [2.24, 2.45) is 0 Å². The number of thiocarbonyl (C=S) groups is 1. The Hall–Kier alpha value is -1.93. The first kappa shape index (κ1) is 25.2. The second-order valence-electron chi connectivity index (χ2n) is 7.10. The van der Waals surface area contributed by atoms with Gasteiger partial charge in [-0.1, -0.05) is 83.1 Å². The number of amides is 1. The van der Waals surface area contributed by atoms with Gasteiger partial charge in [-0.2, -0.15) is 0 Å². The SMILES string of the molecule is CCc1ccccc1N1C(=O)/C(=C\c2ccc(COc3c(Cl)c(Cl)c(Cl)c(Cl)c3Cl)o2)NC1=S. The van der Waals surface area contributed by atoms with E-state index in [2.05, 4.69) is 5.32 Å². The van der Waals surface area contributed by atoms with Gasteiger partial charge in [0.2, 0.25) is 0 Å². The van der Waals surface area contributed by atoms with Crippen LogP contribution in [0.3, 0.4) is 0 Å². The molecule has 4 rings (SSSR count). The Morgan fingerprint density at radius 3 is 2.32 bits per heavy atom. The number of halogens is 5. The molecule has 11 heteroatoms. The number of anilines is 1. The lowest BCUT2D eigenvalue weighted by Crippen LogP contribution is -2.31. The zero-order chi connectivity index (χ0) is 24.6. The maximum absolute atomic E-state index is 13.0. The van der Waals surface area contributed by atoms with Crippen LogP contribution in [0.2, 0.25) is 25.1 Å². The molecule has 0 radical (unpaired) electrons. The van der Waals surface area contributed by atoms with Crippen molar-refractivity contribution < 1.29 is 13.9 Å². The van der Waals surface area contributed by atoms with Crippen molar-refractivity contribution >= 4 is 93.0 Å². The summed E-state index contributed by atoms with van der Waals surface area (Å²) in [5.74, 6) is 0.681. The molecule has 0 saturated carbocycles. The van der Waals surface area contributed by atoms with E-state index in [4.69, 9.17) is 79.4 Å². The Labute approximate surface area is 226 Å². The molecule has 0 unspecified atom stereocenters. The number of para-hydroxylation sites is 1. The van der Waals surface area contributed by atoms with Crippen LogP contribution < -0.4 is 15.0 Å². The lowest BCUT2D eigenvalue weighted by atomic mass is 10.1.